The van der Waals surface area contributed by atoms with E-state index < -0.39 is 0 Å². The predicted molar refractivity (Wildman–Crippen MR) is 89.4 cm³/mol. The smallest absolute Gasteiger partial charge is 0.195 e. The molecule has 21 heavy (non-hydrogen) atoms. The number of anilines is 1. The Kier molecular flexibility index (Phi) is 5.61. The zero-order valence-electron chi connectivity index (χ0n) is 13.6. The molecule has 0 spiro atoms. The number of hydrogen-bond acceptors (Lipinski definition) is 5. The molecule has 0 bridgehead atoms. The minimum Gasteiger partial charge on any atom is -0.383 e. The molecule has 2 aromatic rings. The number of aromatic nitrogens is 2. The molecule has 0 radical (unpaired) electrons. The molecule has 1 N–H and O–H groups in total. The number of fused-ring (bicyclic) bond motifs is 1. The van der Waals surface area contributed by atoms with Crippen LogP contribution in [0.5, 0.6) is 0 Å². The topological polar surface area (TPSA) is 41.8 Å². The summed E-state index contributed by atoms with van der Waals surface area (Å²) >= 11 is 1.68. The molecular weight excluding hydrogens is 284 g/mol. The summed E-state index contributed by atoms with van der Waals surface area (Å²) in [5, 5.41) is 5.51. The molecule has 1 unspecified atom stereocenters. The Balaban J connectivity index is 2.23. The number of imidazole rings is 1. The molecule has 5 nitrogen and oxygen atoms in total. The Bertz CT molecular complexity index is 563. The molecule has 0 aliphatic rings. The third-order valence-corrected chi connectivity index (χ3v) is 4.78. The van der Waals surface area contributed by atoms with Crippen molar-refractivity contribution in [2.75, 3.05) is 32.2 Å². The number of nitrogens with zero attached hydrogens (tertiary/aromatic N) is 3. The SMILES string of the molecule is COCCNCc1c(N(C)C(C)C(C)C)nc2sccn12. The van der Waals surface area contributed by atoms with E-state index in [1.165, 1.54) is 5.69 Å². The maximum atomic E-state index is 5.09. The van der Waals surface area contributed by atoms with Gasteiger partial charge in [-0.05, 0) is 12.8 Å². The number of thiazole rings is 1. The number of ether oxygens (including phenoxy) is 1. The lowest BCUT2D eigenvalue weighted by atomic mass is 10.1. The van der Waals surface area contributed by atoms with Crippen LogP contribution in [0.4, 0.5) is 5.82 Å². The summed E-state index contributed by atoms with van der Waals surface area (Å²) in [4.78, 5) is 8.15. The Morgan fingerprint density at radius 2 is 2.19 bits per heavy atom. The molecule has 118 valence electrons. The Hall–Kier alpha value is -1.11. The van der Waals surface area contributed by atoms with Crippen LogP contribution in [0.15, 0.2) is 11.6 Å². The molecule has 2 aromatic heterocycles. The molecule has 6 heteroatoms. The van der Waals surface area contributed by atoms with Gasteiger partial charge in [-0.1, -0.05) is 13.8 Å². The molecule has 0 fully saturated rings. The fraction of sp³-hybridized carbons (Fsp3) is 0.667. The van der Waals surface area contributed by atoms with Gasteiger partial charge >= 0.3 is 0 Å². The van der Waals surface area contributed by atoms with E-state index in [4.69, 9.17) is 9.72 Å². The number of nitrogens with one attached hydrogen (secondary N) is 1. The number of hydrogen-bond donors (Lipinski definition) is 1. The van der Waals surface area contributed by atoms with Crippen molar-refractivity contribution < 1.29 is 4.74 Å². The summed E-state index contributed by atoms with van der Waals surface area (Å²) in [6.45, 7) is 9.11. The maximum absolute atomic E-state index is 5.09. The predicted octanol–water partition coefficient (Wildman–Crippen LogP) is 2.61. The van der Waals surface area contributed by atoms with Gasteiger partial charge < -0.3 is 15.0 Å². The van der Waals surface area contributed by atoms with Gasteiger partial charge in [-0.25, -0.2) is 4.98 Å². The highest BCUT2D eigenvalue weighted by Gasteiger charge is 2.21. The van der Waals surface area contributed by atoms with Crippen molar-refractivity contribution in [1.82, 2.24) is 14.7 Å². The first-order chi connectivity index (χ1) is 10.1. The fourth-order valence-electron chi connectivity index (χ4n) is 2.29. The van der Waals surface area contributed by atoms with Crippen LogP contribution in [-0.4, -0.2) is 42.7 Å². The molecule has 1 atom stereocenters. The summed E-state index contributed by atoms with van der Waals surface area (Å²) in [7, 11) is 3.86. The van der Waals surface area contributed by atoms with E-state index in [0.717, 1.165) is 30.5 Å². The highest BCUT2D eigenvalue weighted by Crippen LogP contribution is 2.26. The van der Waals surface area contributed by atoms with Crippen molar-refractivity contribution in [3.8, 4) is 0 Å². The summed E-state index contributed by atoms with van der Waals surface area (Å²) in [5.74, 6) is 1.66. The van der Waals surface area contributed by atoms with Gasteiger partial charge in [-0.15, -0.1) is 11.3 Å². The Morgan fingerprint density at radius 3 is 2.86 bits per heavy atom. The van der Waals surface area contributed by atoms with Crippen LogP contribution < -0.4 is 10.2 Å². The van der Waals surface area contributed by atoms with Crippen molar-refractivity contribution >= 4 is 22.1 Å². The van der Waals surface area contributed by atoms with E-state index in [1.54, 1.807) is 18.4 Å². The summed E-state index contributed by atoms with van der Waals surface area (Å²) in [5.41, 5.74) is 1.22. The first-order valence-corrected chi connectivity index (χ1v) is 8.31. The van der Waals surface area contributed by atoms with E-state index >= 15 is 0 Å². The van der Waals surface area contributed by atoms with Crippen molar-refractivity contribution in [1.29, 1.82) is 0 Å². The first-order valence-electron chi connectivity index (χ1n) is 7.43. The van der Waals surface area contributed by atoms with Gasteiger partial charge in [0.1, 0.15) is 0 Å². The van der Waals surface area contributed by atoms with Gasteiger partial charge in [0, 0.05) is 44.9 Å². The molecule has 2 heterocycles. The van der Waals surface area contributed by atoms with Gasteiger partial charge in [0.2, 0.25) is 0 Å². The Morgan fingerprint density at radius 1 is 1.43 bits per heavy atom. The quantitative estimate of drug-likeness (QED) is 0.761. The van der Waals surface area contributed by atoms with Gasteiger partial charge in [-0.3, -0.25) is 4.40 Å². The molecule has 0 amide bonds. The van der Waals surface area contributed by atoms with Crippen LogP contribution in [0.1, 0.15) is 26.5 Å². The maximum Gasteiger partial charge on any atom is 0.195 e. The van der Waals surface area contributed by atoms with E-state index in [9.17, 15) is 0 Å². The lowest BCUT2D eigenvalue weighted by Crippen LogP contribution is -2.34. The summed E-state index contributed by atoms with van der Waals surface area (Å²) < 4.78 is 7.27. The van der Waals surface area contributed by atoms with Crippen LogP contribution in [-0.2, 0) is 11.3 Å². The van der Waals surface area contributed by atoms with E-state index in [1.807, 2.05) is 0 Å². The second-order valence-electron chi connectivity index (χ2n) is 5.70. The minimum atomic E-state index is 0.451. The first kappa shape index (κ1) is 16.3. The minimum absolute atomic E-state index is 0.451. The zero-order chi connectivity index (χ0) is 15.4. The normalized spacial score (nSPS) is 13.2. The average Bonchev–Trinajstić information content (AvgIpc) is 3.03. The second-order valence-corrected chi connectivity index (χ2v) is 6.58. The van der Waals surface area contributed by atoms with Crippen molar-refractivity contribution in [3.05, 3.63) is 17.3 Å². The Labute approximate surface area is 130 Å². The zero-order valence-corrected chi connectivity index (χ0v) is 14.4. The number of rotatable bonds is 8. The van der Waals surface area contributed by atoms with Crippen molar-refractivity contribution in [2.24, 2.45) is 5.92 Å². The van der Waals surface area contributed by atoms with E-state index in [2.05, 4.69) is 54.0 Å². The van der Waals surface area contributed by atoms with Crippen LogP contribution in [0.2, 0.25) is 0 Å². The third-order valence-electron chi connectivity index (χ3n) is 4.03. The lowest BCUT2D eigenvalue weighted by Gasteiger charge is -2.29. The summed E-state index contributed by atoms with van der Waals surface area (Å²) in [6, 6.07) is 0.451. The second kappa shape index (κ2) is 7.24. The highest BCUT2D eigenvalue weighted by molar-refractivity contribution is 7.15. The average molecular weight is 310 g/mol. The van der Waals surface area contributed by atoms with Crippen LogP contribution >= 0.6 is 11.3 Å². The lowest BCUT2D eigenvalue weighted by molar-refractivity contribution is 0.199. The van der Waals surface area contributed by atoms with Gasteiger partial charge in [0.25, 0.3) is 0 Å². The standard InChI is InChI=1S/C15H26N4OS/c1-11(2)12(3)18(4)14-13(10-16-6-8-20-5)19-7-9-21-15(19)17-14/h7,9,11-12,16H,6,8,10H2,1-5H3. The molecule has 2 rings (SSSR count). The monoisotopic (exact) mass is 310 g/mol. The van der Waals surface area contributed by atoms with Crippen molar-refractivity contribution in [3.63, 3.8) is 0 Å². The van der Waals surface area contributed by atoms with E-state index in [-0.39, 0.29) is 0 Å². The number of methoxy groups -OCH3 is 1. The van der Waals surface area contributed by atoms with Crippen LogP contribution in [0.3, 0.4) is 0 Å². The molecule has 0 aliphatic heterocycles. The summed E-state index contributed by atoms with van der Waals surface area (Å²) in [6.07, 6.45) is 2.09. The third kappa shape index (κ3) is 3.56. The van der Waals surface area contributed by atoms with Gasteiger partial charge in [-0.2, -0.15) is 0 Å². The largest absolute Gasteiger partial charge is 0.383 e. The molecule has 0 aliphatic carbocycles. The van der Waals surface area contributed by atoms with Gasteiger partial charge in [0.15, 0.2) is 10.8 Å². The highest BCUT2D eigenvalue weighted by atomic mass is 32.1. The van der Waals surface area contributed by atoms with E-state index in [0.29, 0.717) is 12.0 Å². The fourth-order valence-corrected chi connectivity index (χ4v) is 3.02. The molecule has 0 saturated carbocycles. The molecule has 0 saturated heterocycles. The van der Waals surface area contributed by atoms with Crippen molar-refractivity contribution in [2.45, 2.75) is 33.4 Å². The molecular formula is C15H26N4OS. The van der Waals surface area contributed by atoms with Crippen LogP contribution in [0, 0.1) is 5.92 Å². The molecule has 0 aromatic carbocycles. The van der Waals surface area contributed by atoms with Gasteiger partial charge in [0.05, 0.1) is 12.3 Å². The van der Waals surface area contributed by atoms with Crippen LogP contribution in [0.25, 0.3) is 4.96 Å².